The van der Waals surface area contributed by atoms with E-state index in [1.807, 2.05) is 14.0 Å². The number of nitrogens with zero attached hydrogens (tertiary/aromatic N) is 3. The van der Waals surface area contributed by atoms with Crippen LogP contribution in [0, 0.1) is 6.92 Å². The zero-order valence-electron chi connectivity index (χ0n) is 10.1. The first-order valence-electron chi connectivity index (χ1n) is 5.69. The number of alkyl halides is 1. The molecule has 0 bridgehead atoms. The first kappa shape index (κ1) is 13.1. The maximum atomic E-state index is 6.22. The summed E-state index contributed by atoms with van der Waals surface area (Å²) in [6.45, 7) is 5.30. The normalized spacial score (nSPS) is 22.0. The lowest BCUT2D eigenvalue weighted by molar-refractivity contribution is -0.0194. The second kappa shape index (κ2) is 5.57. The summed E-state index contributed by atoms with van der Waals surface area (Å²) in [5.74, 6) is 0.538. The molecule has 96 valence electrons. The molecule has 1 aromatic heterocycles. The summed E-state index contributed by atoms with van der Waals surface area (Å²) >= 11 is 12.0. The fraction of sp³-hybridized carbons (Fsp3) is 0.727. The lowest BCUT2D eigenvalue weighted by atomic mass is 10.2. The van der Waals surface area contributed by atoms with Gasteiger partial charge < -0.3 is 4.74 Å². The van der Waals surface area contributed by atoms with Crippen molar-refractivity contribution < 1.29 is 4.74 Å². The van der Waals surface area contributed by atoms with Gasteiger partial charge >= 0.3 is 0 Å². The molecule has 2 heterocycles. The number of morpholine rings is 1. The summed E-state index contributed by atoms with van der Waals surface area (Å²) in [6.07, 6.45) is 0.126. The van der Waals surface area contributed by atoms with Gasteiger partial charge in [0, 0.05) is 38.1 Å². The van der Waals surface area contributed by atoms with Gasteiger partial charge in [0.25, 0.3) is 0 Å². The lowest BCUT2D eigenvalue weighted by Gasteiger charge is -2.31. The van der Waals surface area contributed by atoms with Crippen LogP contribution in [0.1, 0.15) is 11.3 Å². The smallest absolute Gasteiger partial charge is 0.131 e. The maximum absolute atomic E-state index is 6.22. The molecule has 1 saturated heterocycles. The van der Waals surface area contributed by atoms with Crippen molar-refractivity contribution in [3.05, 3.63) is 16.4 Å². The van der Waals surface area contributed by atoms with E-state index in [0.29, 0.717) is 5.88 Å². The fourth-order valence-corrected chi connectivity index (χ4v) is 2.52. The highest BCUT2D eigenvalue weighted by Gasteiger charge is 2.22. The molecule has 4 nitrogen and oxygen atoms in total. The SMILES string of the molecule is Cc1nn(C)c(Cl)c1CN1CCOC(CCl)C1. The van der Waals surface area contributed by atoms with Crippen LogP contribution in [-0.2, 0) is 18.3 Å². The van der Waals surface area contributed by atoms with Gasteiger partial charge in [0.2, 0.25) is 0 Å². The van der Waals surface area contributed by atoms with Crippen LogP contribution in [0.25, 0.3) is 0 Å². The molecular formula is C11H17Cl2N3O. The first-order valence-corrected chi connectivity index (χ1v) is 6.61. The number of aromatic nitrogens is 2. The highest BCUT2D eigenvalue weighted by Crippen LogP contribution is 2.21. The molecule has 0 spiro atoms. The molecule has 0 radical (unpaired) electrons. The predicted molar refractivity (Wildman–Crippen MR) is 68.7 cm³/mol. The molecule has 1 unspecified atom stereocenters. The molecule has 1 aliphatic heterocycles. The third-order valence-electron chi connectivity index (χ3n) is 3.05. The van der Waals surface area contributed by atoms with Crippen molar-refractivity contribution in [2.24, 2.45) is 7.05 Å². The van der Waals surface area contributed by atoms with E-state index >= 15 is 0 Å². The van der Waals surface area contributed by atoms with Crippen LogP contribution in [0.15, 0.2) is 0 Å². The summed E-state index contributed by atoms with van der Waals surface area (Å²) in [7, 11) is 1.86. The predicted octanol–water partition coefficient (Wildman–Crippen LogP) is 1.82. The Morgan fingerprint density at radius 2 is 2.29 bits per heavy atom. The molecule has 0 N–H and O–H groups in total. The molecule has 0 aromatic carbocycles. The van der Waals surface area contributed by atoms with Crippen molar-refractivity contribution in [3.8, 4) is 0 Å². The van der Waals surface area contributed by atoms with Gasteiger partial charge in [0.1, 0.15) is 5.15 Å². The van der Waals surface area contributed by atoms with Gasteiger partial charge in [-0.25, -0.2) is 0 Å². The average Bonchev–Trinajstić information content (AvgIpc) is 2.56. The lowest BCUT2D eigenvalue weighted by Crippen LogP contribution is -2.42. The van der Waals surface area contributed by atoms with Crippen molar-refractivity contribution in [1.29, 1.82) is 0 Å². The molecule has 1 aliphatic rings. The van der Waals surface area contributed by atoms with Gasteiger partial charge in [-0.1, -0.05) is 11.6 Å². The minimum Gasteiger partial charge on any atom is -0.374 e. The van der Waals surface area contributed by atoms with Gasteiger partial charge in [-0.3, -0.25) is 9.58 Å². The summed E-state index contributed by atoms with van der Waals surface area (Å²) in [5, 5.41) is 5.03. The third-order valence-corrected chi connectivity index (χ3v) is 3.86. The molecule has 17 heavy (non-hydrogen) atoms. The van der Waals surface area contributed by atoms with Crippen LogP contribution >= 0.6 is 23.2 Å². The quantitative estimate of drug-likeness (QED) is 0.790. The Bertz CT molecular complexity index is 394. The summed E-state index contributed by atoms with van der Waals surface area (Å²) in [6, 6.07) is 0. The minimum atomic E-state index is 0.126. The van der Waals surface area contributed by atoms with Crippen molar-refractivity contribution in [3.63, 3.8) is 0 Å². The number of rotatable bonds is 3. The van der Waals surface area contributed by atoms with Gasteiger partial charge in [0.05, 0.1) is 18.4 Å². The third kappa shape index (κ3) is 2.94. The van der Waals surface area contributed by atoms with E-state index in [-0.39, 0.29) is 6.10 Å². The van der Waals surface area contributed by atoms with Crippen LogP contribution in [0.5, 0.6) is 0 Å². The van der Waals surface area contributed by atoms with Gasteiger partial charge in [-0.15, -0.1) is 11.6 Å². The number of hydrogen-bond acceptors (Lipinski definition) is 3. The number of ether oxygens (including phenoxy) is 1. The van der Waals surface area contributed by atoms with Gasteiger partial charge in [-0.05, 0) is 6.92 Å². The van der Waals surface area contributed by atoms with Gasteiger partial charge in [-0.2, -0.15) is 5.10 Å². The molecule has 6 heteroatoms. The second-order valence-electron chi connectivity index (χ2n) is 4.36. The van der Waals surface area contributed by atoms with E-state index in [1.54, 1.807) is 4.68 Å². The van der Waals surface area contributed by atoms with Crippen molar-refractivity contribution >= 4 is 23.2 Å². The molecule has 1 atom stereocenters. The molecule has 2 rings (SSSR count). The van der Waals surface area contributed by atoms with E-state index in [2.05, 4.69) is 10.00 Å². The Balaban J connectivity index is 2.05. The summed E-state index contributed by atoms with van der Waals surface area (Å²) in [4.78, 5) is 2.31. The number of halogens is 2. The molecule has 0 saturated carbocycles. The van der Waals surface area contributed by atoms with E-state index in [9.17, 15) is 0 Å². The second-order valence-corrected chi connectivity index (χ2v) is 5.03. The standard InChI is InChI=1S/C11H17Cl2N3O/c1-8-10(11(13)15(2)14-8)7-16-3-4-17-9(5-12)6-16/h9H,3-7H2,1-2H3. The molecular weight excluding hydrogens is 261 g/mol. The monoisotopic (exact) mass is 277 g/mol. The molecule has 0 aliphatic carbocycles. The van der Waals surface area contributed by atoms with E-state index in [4.69, 9.17) is 27.9 Å². The van der Waals surface area contributed by atoms with Crippen molar-refractivity contribution in [2.45, 2.75) is 19.6 Å². The van der Waals surface area contributed by atoms with Crippen molar-refractivity contribution in [2.75, 3.05) is 25.6 Å². The zero-order chi connectivity index (χ0) is 12.4. The molecule has 1 fully saturated rings. The minimum absolute atomic E-state index is 0.126. The summed E-state index contributed by atoms with van der Waals surface area (Å²) in [5.41, 5.74) is 2.09. The Morgan fingerprint density at radius 3 is 2.88 bits per heavy atom. The topological polar surface area (TPSA) is 30.3 Å². The van der Waals surface area contributed by atoms with E-state index in [1.165, 1.54) is 0 Å². The van der Waals surface area contributed by atoms with E-state index in [0.717, 1.165) is 42.7 Å². The number of aryl methyl sites for hydroxylation is 2. The largest absolute Gasteiger partial charge is 0.374 e. The van der Waals surface area contributed by atoms with Crippen LogP contribution < -0.4 is 0 Å². The Kier molecular flexibility index (Phi) is 4.31. The molecule has 0 amide bonds. The highest BCUT2D eigenvalue weighted by atomic mass is 35.5. The Morgan fingerprint density at radius 1 is 1.53 bits per heavy atom. The van der Waals surface area contributed by atoms with Gasteiger partial charge in [0.15, 0.2) is 0 Å². The fourth-order valence-electron chi connectivity index (χ4n) is 2.09. The number of hydrogen-bond donors (Lipinski definition) is 0. The summed E-state index contributed by atoms with van der Waals surface area (Å²) < 4.78 is 7.25. The highest BCUT2D eigenvalue weighted by molar-refractivity contribution is 6.30. The van der Waals surface area contributed by atoms with E-state index < -0.39 is 0 Å². The maximum Gasteiger partial charge on any atom is 0.131 e. The Hall–Kier alpha value is -0.290. The van der Waals surface area contributed by atoms with Crippen molar-refractivity contribution in [1.82, 2.24) is 14.7 Å². The van der Waals surface area contributed by atoms with Crippen LogP contribution in [0.4, 0.5) is 0 Å². The van der Waals surface area contributed by atoms with Crippen LogP contribution in [-0.4, -0.2) is 46.4 Å². The Labute approximate surface area is 111 Å². The van der Waals surface area contributed by atoms with Crippen LogP contribution in [0.2, 0.25) is 5.15 Å². The average molecular weight is 278 g/mol. The first-order chi connectivity index (χ1) is 8.11. The zero-order valence-corrected chi connectivity index (χ0v) is 11.6. The molecule has 1 aromatic rings. The van der Waals surface area contributed by atoms with Crippen LogP contribution in [0.3, 0.4) is 0 Å².